The predicted octanol–water partition coefficient (Wildman–Crippen LogP) is 2.99. The Bertz CT molecular complexity index is 274. The van der Waals surface area contributed by atoms with Crippen LogP contribution in [0.2, 0.25) is 0 Å². The molecule has 1 unspecified atom stereocenters. The van der Waals surface area contributed by atoms with Gasteiger partial charge in [0, 0.05) is 5.57 Å². The average Bonchev–Trinajstić information content (AvgIpc) is 3.00. The molecule has 2 saturated carbocycles. The molecule has 0 saturated heterocycles. The second-order valence-corrected chi connectivity index (χ2v) is 4.73. The van der Waals surface area contributed by atoms with Crippen LogP contribution >= 0.6 is 0 Å². The van der Waals surface area contributed by atoms with Crippen molar-refractivity contribution in [3.8, 4) is 0 Å². The fourth-order valence-electron chi connectivity index (χ4n) is 2.56. The third-order valence-corrected chi connectivity index (χ3v) is 3.70. The number of carboxylic acids is 1. The smallest absolute Gasteiger partial charge is 0.331 e. The zero-order valence-electron chi connectivity index (χ0n) is 8.75. The van der Waals surface area contributed by atoms with Gasteiger partial charge in [-0.1, -0.05) is 5.57 Å². The minimum absolute atomic E-state index is 0.607. The van der Waals surface area contributed by atoms with Crippen LogP contribution in [0.3, 0.4) is 0 Å². The lowest BCUT2D eigenvalue weighted by atomic mass is 9.81. The van der Waals surface area contributed by atoms with Crippen molar-refractivity contribution in [2.75, 3.05) is 0 Å². The van der Waals surface area contributed by atoms with Crippen molar-refractivity contribution in [2.24, 2.45) is 11.8 Å². The summed E-state index contributed by atoms with van der Waals surface area (Å²) in [6, 6.07) is 0. The number of carboxylic acid groups (broad SMARTS) is 1. The molecule has 1 atom stereocenters. The Balaban J connectivity index is 2.05. The van der Waals surface area contributed by atoms with Crippen LogP contribution in [0, 0.1) is 11.8 Å². The van der Waals surface area contributed by atoms with E-state index >= 15 is 0 Å². The van der Waals surface area contributed by atoms with E-state index in [-0.39, 0.29) is 0 Å². The molecule has 0 radical (unpaired) electrons. The normalized spacial score (nSPS) is 31.4. The molecule has 0 aliphatic heterocycles. The maximum absolute atomic E-state index is 10.8. The summed E-state index contributed by atoms with van der Waals surface area (Å²) in [6.07, 6.45) is 7.35. The molecule has 1 N–H and O–H groups in total. The van der Waals surface area contributed by atoms with Crippen molar-refractivity contribution >= 4 is 5.97 Å². The van der Waals surface area contributed by atoms with Crippen molar-refractivity contribution in [1.29, 1.82) is 0 Å². The summed E-state index contributed by atoms with van der Waals surface area (Å²) in [7, 11) is 0. The topological polar surface area (TPSA) is 37.3 Å². The van der Waals surface area contributed by atoms with Crippen molar-refractivity contribution in [1.82, 2.24) is 0 Å². The Morgan fingerprint density at radius 1 is 1.29 bits per heavy atom. The molecule has 0 aromatic rings. The first kappa shape index (κ1) is 9.75. The van der Waals surface area contributed by atoms with E-state index in [4.69, 9.17) is 5.11 Å². The highest BCUT2D eigenvalue weighted by atomic mass is 16.4. The van der Waals surface area contributed by atoms with Gasteiger partial charge in [-0.05, 0) is 57.3 Å². The highest BCUT2D eigenvalue weighted by Gasteiger charge is 2.33. The Morgan fingerprint density at radius 2 is 2.00 bits per heavy atom. The summed E-state index contributed by atoms with van der Waals surface area (Å²) in [5.41, 5.74) is 1.82. The summed E-state index contributed by atoms with van der Waals surface area (Å²) < 4.78 is 0. The first-order valence-electron chi connectivity index (χ1n) is 5.60. The highest BCUT2D eigenvalue weighted by molar-refractivity contribution is 5.86. The Morgan fingerprint density at radius 3 is 2.57 bits per heavy atom. The first-order chi connectivity index (χ1) is 6.68. The number of hydrogen-bond acceptors (Lipinski definition) is 1. The summed E-state index contributed by atoms with van der Waals surface area (Å²) in [5.74, 6) is 0.997. The quantitative estimate of drug-likeness (QED) is 0.686. The first-order valence-corrected chi connectivity index (χ1v) is 5.60. The van der Waals surface area contributed by atoms with Gasteiger partial charge in [0.15, 0.2) is 0 Å². The number of carbonyl (C=O) groups is 1. The monoisotopic (exact) mass is 194 g/mol. The van der Waals surface area contributed by atoms with Crippen LogP contribution in [0.25, 0.3) is 0 Å². The van der Waals surface area contributed by atoms with Gasteiger partial charge in [0.05, 0.1) is 0 Å². The van der Waals surface area contributed by atoms with E-state index in [0.717, 1.165) is 24.7 Å². The van der Waals surface area contributed by atoms with E-state index in [1.165, 1.54) is 31.3 Å². The number of aliphatic carboxylic acids is 1. The van der Waals surface area contributed by atoms with Crippen LogP contribution in [0.5, 0.6) is 0 Å². The second-order valence-electron chi connectivity index (χ2n) is 4.73. The molecule has 0 heterocycles. The Labute approximate surface area is 85.0 Å². The molecule has 2 heteroatoms. The van der Waals surface area contributed by atoms with E-state index < -0.39 is 5.97 Å². The van der Waals surface area contributed by atoms with Gasteiger partial charge in [-0.2, -0.15) is 0 Å². The van der Waals surface area contributed by atoms with Gasteiger partial charge in [0.1, 0.15) is 0 Å². The molecular formula is C12H18O2. The van der Waals surface area contributed by atoms with Gasteiger partial charge in [0.25, 0.3) is 0 Å². The summed E-state index contributed by atoms with van der Waals surface area (Å²) >= 11 is 0. The van der Waals surface area contributed by atoms with E-state index in [9.17, 15) is 4.79 Å². The van der Waals surface area contributed by atoms with Crippen LogP contribution in [0.15, 0.2) is 11.1 Å². The molecule has 0 amide bonds. The Hall–Kier alpha value is -0.790. The molecule has 2 aliphatic rings. The fourth-order valence-corrected chi connectivity index (χ4v) is 2.56. The minimum atomic E-state index is -0.726. The number of allylic oxidation sites excluding steroid dienone is 1. The summed E-state index contributed by atoms with van der Waals surface area (Å²) in [6.45, 7) is 1.76. The van der Waals surface area contributed by atoms with Crippen molar-refractivity contribution in [2.45, 2.75) is 45.4 Å². The van der Waals surface area contributed by atoms with Crippen molar-refractivity contribution < 1.29 is 9.90 Å². The molecule has 2 aliphatic carbocycles. The zero-order valence-corrected chi connectivity index (χ0v) is 8.75. The van der Waals surface area contributed by atoms with E-state index in [1.807, 2.05) is 0 Å². The molecule has 0 spiro atoms. The van der Waals surface area contributed by atoms with Crippen LogP contribution in [-0.4, -0.2) is 11.1 Å². The Kier molecular flexibility index (Phi) is 2.62. The van der Waals surface area contributed by atoms with Crippen LogP contribution in [-0.2, 0) is 4.79 Å². The summed E-state index contributed by atoms with van der Waals surface area (Å²) in [5, 5.41) is 8.92. The van der Waals surface area contributed by atoms with E-state index in [2.05, 4.69) is 0 Å². The fraction of sp³-hybridized carbons (Fsp3) is 0.750. The molecule has 78 valence electrons. The maximum atomic E-state index is 10.8. The standard InChI is InChI=1S/C12H18O2/c1-8(12(13)14)10-3-2-4-11(7-10)9-5-6-9/h9,11H,2-7H2,1H3,(H,13,14). The zero-order chi connectivity index (χ0) is 10.1. The minimum Gasteiger partial charge on any atom is -0.478 e. The number of rotatable bonds is 2. The maximum Gasteiger partial charge on any atom is 0.331 e. The van der Waals surface area contributed by atoms with E-state index in [0.29, 0.717) is 5.57 Å². The molecule has 2 fully saturated rings. The largest absolute Gasteiger partial charge is 0.478 e. The van der Waals surface area contributed by atoms with Gasteiger partial charge in [-0.25, -0.2) is 4.79 Å². The molecular weight excluding hydrogens is 176 g/mol. The van der Waals surface area contributed by atoms with Crippen LogP contribution in [0.1, 0.15) is 45.4 Å². The molecule has 2 nitrogen and oxygen atoms in total. The van der Waals surface area contributed by atoms with Gasteiger partial charge in [0.2, 0.25) is 0 Å². The van der Waals surface area contributed by atoms with Gasteiger partial charge >= 0.3 is 5.97 Å². The number of hydrogen-bond donors (Lipinski definition) is 1. The summed E-state index contributed by atoms with van der Waals surface area (Å²) in [4.78, 5) is 10.8. The SMILES string of the molecule is CC(C(=O)O)=C1CCCC(C2CC2)C1. The lowest BCUT2D eigenvalue weighted by Crippen LogP contribution is -2.13. The molecule has 14 heavy (non-hydrogen) atoms. The van der Waals surface area contributed by atoms with Crippen LogP contribution < -0.4 is 0 Å². The lowest BCUT2D eigenvalue weighted by molar-refractivity contribution is -0.132. The van der Waals surface area contributed by atoms with Gasteiger partial charge in [-0.15, -0.1) is 0 Å². The third kappa shape index (κ3) is 1.99. The molecule has 2 rings (SSSR count). The average molecular weight is 194 g/mol. The van der Waals surface area contributed by atoms with E-state index in [1.54, 1.807) is 6.92 Å². The third-order valence-electron chi connectivity index (χ3n) is 3.70. The second kappa shape index (κ2) is 3.76. The molecule has 0 bridgehead atoms. The van der Waals surface area contributed by atoms with Crippen molar-refractivity contribution in [3.63, 3.8) is 0 Å². The highest BCUT2D eigenvalue weighted by Crippen LogP contribution is 2.45. The predicted molar refractivity (Wildman–Crippen MR) is 55.0 cm³/mol. The van der Waals surface area contributed by atoms with Gasteiger partial charge < -0.3 is 5.11 Å². The van der Waals surface area contributed by atoms with Crippen LogP contribution in [0.4, 0.5) is 0 Å². The van der Waals surface area contributed by atoms with Gasteiger partial charge in [-0.3, -0.25) is 0 Å². The van der Waals surface area contributed by atoms with Crippen molar-refractivity contribution in [3.05, 3.63) is 11.1 Å². The molecule has 0 aromatic heterocycles. The lowest BCUT2D eigenvalue weighted by Gasteiger charge is -2.24. The molecule has 0 aromatic carbocycles.